The molecule has 1 heterocycles. The number of para-hydroxylation sites is 1. The highest BCUT2D eigenvalue weighted by atomic mass is 127. The Morgan fingerprint density at radius 2 is 1.86 bits per heavy atom. The van der Waals surface area contributed by atoms with Crippen LogP contribution in [0.15, 0.2) is 35.3 Å². The summed E-state index contributed by atoms with van der Waals surface area (Å²) in [7, 11) is -2.77. The van der Waals surface area contributed by atoms with E-state index in [9.17, 15) is 8.42 Å². The summed E-state index contributed by atoms with van der Waals surface area (Å²) in [6, 6.07) is 9.65. The van der Waals surface area contributed by atoms with E-state index in [2.05, 4.69) is 10.3 Å². The Labute approximate surface area is 143 Å². The van der Waals surface area contributed by atoms with Crippen LogP contribution < -0.4 is 11.1 Å². The minimum Gasteiger partial charge on any atom is -0.370 e. The van der Waals surface area contributed by atoms with Crippen molar-refractivity contribution < 1.29 is 8.42 Å². The molecule has 1 aromatic carbocycles. The summed E-state index contributed by atoms with van der Waals surface area (Å²) >= 11 is 0. The number of nitrogens with zero attached hydrogens (tertiary/aromatic N) is 1. The number of sulfone groups is 1. The molecule has 5 nitrogen and oxygen atoms in total. The summed E-state index contributed by atoms with van der Waals surface area (Å²) in [6.45, 7) is 0.635. The van der Waals surface area contributed by atoms with Crippen LogP contribution in [0.25, 0.3) is 0 Å². The van der Waals surface area contributed by atoms with Gasteiger partial charge in [0.2, 0.25) is 0 Å². The number of hydrogen-bond donors (Lipinski definition) is 2. The molecular formula is C14H22IN3O2S. The Bertz CT molecular complexity index is 547. The van der Waals surface area contributed by atoms with Gasteiger partial charge in [0.1, 0.15) is 9.84 Å². The van der Waals surface area contributed by atoms with E-state index in [1.807, 2.05) is 30.3 Å². The van der Waals surface area contributed by atoms with Gasteiger partial charge in [-0.15, -0.1) is 24.0 Å². The highest BCUT2D eigenvalue weighted by Gasteiger charge is 2.22. The standard InChI is InChI=1S/C14H21N3O2S.HI/c15-14(17-13-4-2-1-3-5-13)16-9-6-12-7-10-20(18,19)11-8-12;/h1-5,12H,6-11H2,(H3,15,16,17);1H. The molecule has 1 saturated heterocycles. The number of nitrogens with one attached hydrogen (secondary N) is 1. The average molecular weight is 423 g/mol. The fourth-order valence-electron chi connectivity index (χ4n) is 2.30. The molecule has 1 aliphatic rings. The Balaban J connectivity index is 0.00000220. The first-order valence-corrected chi connectivity index (χ1v) is 8.70. The molecule has 1 fully saturated rings. The zero-order chi connectivity index (χ0) is 14.4. The number of aliphatic imine (C=N–C) groups is 1. The maximum atomic E-state index is 11.3. The Hall–Kier alpha value is -0.830. The van der Waals surface area contributed by atoms with Crippen LogP contribution in [0.1, 0.15) is 19.3 Å². The summed E-state index contributed by atoms with van der Waals surface area (Å²) in [5, 5.41) is 3.02. The summed E-state index contributed by atoms with van der Waals surface area (Å²) < 4.78 is 22.6. The van der Waals surface area contributed by atoms with E-state index in [4.69, 9.17) is 5.73 Å². The van der Waals surface area contributed by atoms with E-state index in [-0.39, 0.29) is 24.0 Å². The highest BCUT2D eigenvalue weighted by Crippen LogP contribution is 2.21. The number of benzene rings is 1. The van der Waals surface area contributed by atoms with E-state index in [0.717, 1.165) is 24.9 Å². The zero-order valence-electron chi connectivity index (χ0n) is 11.9. The third kappa shape index (κ3) is 6.64. The number of guanidine groups is 1. The fourth-order valence-corrected chi connectivity index (χ4v) is 3.89. The fraction of sp³-hybridized carbons (Fsp3) is 0.500. The summed E-state index contributed by atoms with van der Waals surface area (Å²) in [5.41, 5.74) is 6.72. The first-order chi connectivity index (χ1) is 9.55. The summed E-state index contributed by atoms with van der Waals surface area (Å²) in [5.74, 6) is 1.49. The van der Waals surface area contributed by atoms with Gasteiger partial charge >= 0.3 is 0 Å². The zero-order valence-corrected chi connectivity index (χ0v) is 15.0. The molecule has 7 heteroatoms. The van der Waals surface area contributed by atoms with Crippen LogP contribution in [0.2, 0.25) is 0 Å². The molecule has 0 aliphatic carbocycles. The second-order valence-electron chi connectivity index (χ2n) is 5.14. The van der Waals surface area contributed by atoms with Crippen molar-refractivity contribution in [1.82, 2.24) is 0 Å². The van der Waals surface area contributed by atoms with Gasteiger partial charge in [0, 0.05) is 12.2 Å². The molecule has 0 bridgehead atoms. The van der Waals surface area contributed by atoms with E-state index < -0.39 is 9.84 Å². The normalized spacial score (nSPS) is 18.8. The van der Waals surface area contributed by atoms with E-state index >= 15 is 0 Å². The van der Waals surface area contributed by atoms with Crippen molar-refractivity contribution in [2.75, 3.05) is 23.4 Å². The van der Waals surface area contributed by atoms with Gasteiger partial charge in [-0.1, -0.05) is 18.2 Å². The molecule has 0 unspecified atom stereocenters. The summed E-state index contributed by atoms with van der Waals surface area (Å²) in [4.78, 5) is 4.28. The monoisotopic (exact) mass is 423 g/mol. The Morgan fingerprint density at radius 1 is 1.24 bits per heavy atom. The van der Waals surface area contributed by atoms with E-state index in [1.54, 1.807) is 0 Å². The molecule has 21 heavy (non-hydrogen) atoms. The number of nitrogens with two attached hydrogens (primary N) is 1. The van der Waals surface area contributed by atoms with Crippen LogP contribution in [0, 0.1) is 5.92 Å². The average Bonchev–Trinajstić information content (AvgIpc) is 2.42. The molecule has 0 radical (unpaired) electrons. The van der Waals surface area contributed by atoms with Crippen molar-refractivity contribution in [3.63, 3.8) is 0 Å². The molecule has 118 valence electrons. The predicted octanol–water partition coefficient (Wildman–Crippen LogP) is 2.25. The smallest absolute Gasteiger partial charge is 0.193 e. The lowest BCUT2D eigenvalue weighted by Crippen LogP contribution is -2.25. The predicted molar refractivity (Wildman–Crippen MR) is 98.0 cm³/mol. The van der Waals surface area contributed by atoms with Crippen LogP contribution >= 0.6 is 24.0 Å². The second-order valence-corrected chi connectivity index (χ2v) is 7.45. The van der Waals surface area contributed by atoms with Crippen LogP contribution in [-0.4, -0.2) is 32.4 Å². The van der Waals surface area contributed by atoms with Crippen molar-refractivity contribution in [2.24, 2.45) is 16.6 Å². The number of hydrogen-bond acceptors (Lipinski definition) is 3. The topological polar surface area (TPSA) is 84.5 Å². The molecule has 2 rings (SSSR count). The van der Waals surface area contributed by atoms with Crippen LogP contribution in [0.4, 0.5) is 5.69 Å². The van der Waals surface area contributed by atoms with Crippen molar-refractivity contribution in [2.45, 2.75) is 19.3 Å². The molecule has 0 atom stereocenters. The highest BCUT2D eigenvalue weighted by molar-refractivity contribution is 14.0. The second kappa shape index (κ2) is 8.57. The van der Waals surface area contributed by atoms with Crippen LogP contribution in [0.5, 0.6) is 0 Å². The van der Waals surface area contributed by atoms with Gasteiger partial charge in [0.05, 0.1) is 11.5 Å². The van der Waals surface area contributed by atoms with E-state index in [1.165, 1.54) is 0 Å². The van der Waals surface area contributed by atoms with Crippen LogP contribution in [-0.2, 0) is 9.84 Å². The first-order valence-electron chi connectivity index (χ1n) is 6.87. The third-order valence-electron chi connectivity index (χ3n) is 3.54. The van der Waals surface area contributed by atoms with Gasteiger partial charge in [0.15, 0.2) is 5.96 Å². The Morgan fingerprint density at radius 3 is 2.48 bits per heavy atom. The molecule has 0 saturated carbocycles. The lowest BCUT2D eigenvalue weighted by molar-refractivity contribution is 0.441. The number of halogens is 1. The van der Waals surface area contributed by atoms with Gasteiger partial charge in [-0.25, -0.2) is 8.42 Å². The summed E-state index contributed by atoms with van der Waals surface area (Å²) in [6.07, 6.45) is 2.40. The molecule has 0 aromatic heterocycles. The number of rotatable bonds is 4. The third-order valence-corrected chi connectivity index (χ3v) is 5.26. The molecule has 1 aliphatic heterocycles. The first kappa shape index (κ1) is 18.2. The lowest BCUT2D eigenvalue weighted by atomic mass is 9.99. The molecule has 0 amide bonds. The minimum absolute atomic E-state index is 0. The maximum Gasteiger partial charge on any atom is 0.193 e. The molecular weight excluding hydrogens is 401 g/mol. The quantitative estimate of drug-likeness (QED) is 0.442. The van der Waals surface area contributed by atoms with Gasteiger partial charge in [-0.2, -0.15) is 0 Å². The van der Waals surface area contributed by atoms with Gasteiger partial charge in [0.25, 0.3) is 0 Å². The molecule has 1 aromatic rings. The van der Waals surface area contributed by atoms with Gasteiger partial charge in [-0.3, -0.25) is 4.99 Å². The van der Waals surface area contributed by atoms with Crippen molar-refractivity contribution >= 4 is 45.5 Å². The van der Waals surface area contributed by atoms with Crippen molar-refractivity contribution in [3.05, 3.63) is 30.3 Å². The van der Waals surface area contributed by atoms with Gasteiger partial charge in [-0.05, 0) is 37.3 Å². The number of anilines is 1. The minimum atomic E-state index is -2.77. The Kier molecular flexibility index (Phi) is 7.44. The van der Waals surface area contributed by atoms with E-state index in [0.29, 0.717) is 29.9 Å². The molecule has 0 spiro atoms. The van der Waals surface area contributed by atoms with Crippen molar-refractivity contribution in [1.29, 1.82) is 0 Å². The largest absolute Gasteiger partial charge is 0.370 e. The maximum absolute atomic E-state index is 11.3. The SMILES string of the molecule is I.NC(=NCCC1CCS(=O)(=O)CC1)Nc1ccccc1. The van der Waals surface area contributed by atoms with Gasteiger partial charge < -0.3 is 11.1 Å². The van der Waals surface area contributed by atoms with Crippen LogP contribution in [0.3, 0.4) is 0 Å². The molecule has 3 N–H and O–H groups in total. The lowest BCUT2D eigenvalue weighted by Gasteiger charge is -2.20. The van der Waals surface area contributed by atoms with Crippen molar-refractivity contribution in [3.8, 4) is 0 Å².